The highest BCUT2D eigenvalue weighted by Crippen LogP contribution is 2.37. The van der Waals surface area contributed by atoms with Crippen molar-refractivity contribution in [1.29, 1.82) is 0 Å². The lowest BCUT2D eigenvalue weighted by molar-refractivity contribution is 0.102. The molecule has 0 atom stereocenters. The minimum atomic E-state index is -0.192. The summed E-state index contributed by atoms with van der Waals surface area (Å²) in [6, 6.07) is 13.4. The summed E-state index contributed by atoms with van der Waals surface area (Å²) in [5.74, 6) is 0.361. The van der Waals surface area contributed by atoms with Crippen LogP contribution in [0.4, 0.5) is 17.2 Å². The molecule has 6 nitrogen and oxygen atoms in total. The molecule has 1 aliphatic rings. The van der Waals surface area contributed by atoms with Crippen molar-refractivity contribution in [1.82, 2.24) is 9.97 Å². The van der Waals surface area contributed by atoms with Crippen molar-refractivity contribution in [2.75, 3.05) is 22.5 Å². The Kier molecular flexibility index (Phi) is 4.69. The Labute approximate surface area is 168 Å². The Bertz CT molecular complexity index is 1020. The number of nitrogens with zero attached hydrogens (tertiary/aromatic N) is 2. The van der Waals surface area contributed by atoms with Gasteiger partial charge < -0.3 is 16.0 Å². The summed E-state index contributed by atoms with van der Waals surface area (Å²) in [4.78, 5) is 21.2. The number of carbonyl (C=O) groups excluding carboxylic acids is 1. The van der Waals surface area contributed by atoms with Crippen LogP contribution in [0.3, 0.4) is 0 Å². The number of amides is 1. The zero-order chi connectivity index (χ0) is 19.6. The Hall–Kier alpha value is -3.41. The van der Waals surface area contributed by atoms with Crippen molar-refractivity contribution in [3.8, 4) is 0 Å². The summed E-state index contributed by atoms with van der Waals surface area (Å²) in [7, 11) is 0. The van der Waals surface area contributed by atoms with Crippen molar-refractivity contribution in [2.45, 2.75) is 25.8 Å². The first kappa shape index (κ1) is 18.0. The molecule has 3 aromatic rings. The van der Waals surface area contributed by atoms with Gasteiger partial charge in [-0.1, -0.05) is 19.9 Å². The predicted octanol–water partition coefficient (Wildman–Crippen LogP) is 4.78. The highest BCUT2D eigenvalue weighted by Gasteiger charge is 2.29. The second kappa shape index (κ2) is 7.31. The average molecular weight is 380 g/mol. The summed E-state index contributed by atoms with van der Waals surface area (Å²) >= 11 is 0. The fourth-order valence-electron chi connectivity index (χ4n) is 3.38. The molecular formula is C22H29N5O. The second-order valence-corrected chi connectivity index (χ2v) is 7.56. The summed E-state index contributed by atoms with van der Waals surface area (Å²) in [6.07, 6.45) is 5.16. The summed E-state index contributed by atoms with van der Waals surface area (Å²) in [5, 5.41) is 9.63. The molecule has 0 unspecified atom stereocenters. The van der Waals surface area contributed by atoms with E-state index in [4.69, 9.17) is 0 Å². The van der Waals surface area contributed by atoms with Crippen LogP contribution in [0.2, 0.25) is 0 Å². The minimum Gasteiger partial charge on any atom is -0.384 e. The van der Waals surface area contributed by atoms with Crippen LogP contribution in [0.1, 0.15) is 39.6 Å². The Balaban J connectivity index is 0.00000160. The molecular weight excluding hydrogens is 350 g/mol. The van der Waals surface area contributed by atoms with Crippen LogP contribution >= 0.6 is 0 Å². The van der Waals surface area contributed by atoms with Crippen LogP contribution in [0, 0.1) is 0 Å². The van der Waals surface area contributed by atoms with E-state index in [9.17, 15) is 4.79 Å². The van der Waals surface area contributed by atoms with E-state index in [-0.39, 0.29) is 15.6 Å². The van der Waals surface area contributed by atoms with Gasteiger partial charge in [0.15, 0.2) is 0 Å². The topological polar surface area (TPSA) is 78.9 Å². The highest BCUT2D eigenvalue weighted by molar-refractivity contribution is 6.07. The molecule has 0 saturated carbocycles. The van der Waals surface area contributed by atoms with E-state index in [0.29, 0.717) is 17.9 Å². The van der Waals surface area contributed by atoms with Gasteiger partial charge in [-0.15, -0.1) is 0 Å². The van der Waals surface area contributed by atoms with Crippen LogP contribution in [0.25, 0.3) is 0 Å². The number of aromatic nitrogens is 2. The first-order valence-corrected chi connectivity index (χ1v) is 9.30. The molecule has 0 spiro atoms. The van der Waals surface area contributed by atoms with E-state index in [1.54, 1.807) is 30.7 Å². The normalized spacial score (nSPS) is 14.1. The summed E-state index contributed by atoms with van der Waals surface area (Å²) in [6.45, 7) is 5.88. The zero-order valence-electron chi connectivity index (χ0n) is 16.0. The van der Waals surface area contributed by atoms with Crippen LogP contribution in [0.15, 0.2) is 61.1 Å². The maximum absolute atomic E-state index is 12.9. The molecule has 0 radical (unpaired) electrons. The van der Waals surface area contributed by atoms with Gasteiger partial charge in [0.25, 0.3) is 5.91 Å². The fraction of sp³-hybridized carbons (Fsp3) is 0.227. The number of fused-ring (bicyclic) bond motifs is 1. The molecule has 0 aliphatic carbocycles. The van der Waals surface area contributed by atoms with Gasteiger partial charge in [-0.25, -0.2) is 4.98 Å². The highest BCUT2D eigenvalue weighted by atomic mass is 16.1. The largest absolute Gasteiger partial charge is 0.384 e. The molecule has 1 aromatic carbocycles. The van der Waals surface area contributed by atoms with Gasteiger partial charge in [0, 0.05) is 52.7 Å². The maximum Gasteiger partial charge on any atom is 0.259 e. The van der Waals surface area contributed by atoms with Crippen LogP contribution < -0.4 is 16.0 Å². The molecule has 1 amide bonds. The third kappa shape index (κ3) is 3.67. The monoisotopic (exact) mass is 379 g/mol. The molecule has 0 bridgehead atoms. The van der Waals surface area contributed by atoms with Crippen molar-refractivity contribution in [3.05, 3.63) is 77.7 Å². The van der Waals surface area contributed by atoms with Gasteiger partial charge in [-0.05, 0) is 47.5 Å². The first-order chi connectivity index (χ1) is 13.5. The van der Waals surface area contributed by atoms with Gasteiger partial charge in [0.05, 0.1) is 5.56 Å². The maximum atomic E-state index is 12.9. The minimum absolute atomic E-state index is 0. The van der Waals surface area contributed by atoms with Gasteiger partial charge in [0.2, 0.25) is 0 Å². The van der Waals surface area contributed by atoms with Gasteiger partial charge in [-0.2, -0.15) is 0 Å². The van der Waals surface area contributed by atoms with E-state index in [0.717, 1.165) is 23.5 Å². The van der Waals surface area contributed by atoms with Crippen molar-refractivity contribution >= 4 is 23.1 Å². The molecule has 4 rings (SSSR count). The van der Waals surface area contributed by atoms with Gasteiger partial charge in [0.1, 0.15) is 5.82 Å². The van der Waals surface area contributed by atoms with Crippen LogP contribution in [-0.4, -0.2) is 22.4 Å². The van der Waals surface area contributed by atoms with E-state index < -0.39 is 0 Å². The lowest BCUT2D eigenvalue weighted by atomic mass is 9.87. The predicted molar refractivity (Wildman–Crippen MR) is 118 cm³/mol. The number of carbonyl (C=O) groups is 1. The molecule has 28 heavy (non-hydrogen) atoms. The SMILES string of the molecule is CC1(C)CNc2cc(NC(=O)c3cccnc3NCc3ccncc3)ccc21.[HH].[HH].[HH]. The van der Waals surface area contributed by atoms with Gasteiger partial charge >= 0.3 is 0 Å². The molecule has 3 N–H and O–H groups in total. The third-order valence-electron chi connectivity index (χ3n) is 4.99. The number of nitrogens with one attached hydrogen (secondary N) is 3. The van der Waals surface area contributed by atoms with Gasteiger partial charge in [-0.3, -0.25) is 9.78 Å². The smallest absolute Gasteiger partial charge is 0.259 e. The first-order valence-electron chi connectivity index (χ1n) is 9.30. The lowest BCUT2D eigenvalue weighted by Crippen LogP contribution is -2.18. The lowest BCUT2D eigenvalue weighted by Gasteiger charge is -2.17. The van der Waals surface area contributed by atoms with Crippen LogP contribution in [0.5, 0.6) is 0 Å². The Morgan fingerprint density at radius 3 is 2.82 bits per heavy atom. The van der Waals surface area contributed by atoms with E-state index in [2.05, 4.69) is 45.8 Å². The van der Waals surface area contributed by atoms with Crippen molar-refractivity contribution in [2.24, 2.45) is 0 Å². The standard InChI is InChI=1S/C22H23N5O.3H2/c1-22(2)14-26-19-12-16(5-6-18(19)22)27-21(28)17-4-3-9-24-20(17)25-13-15-7-10-23-11-8-15;;;/h3-12,26H,13-14H2,1-2H3,(H,24,25)(H,27,28);3*1H. The summed E-state index contributed by atoms with van der Waals surface area (Å²) < 4.78 is 0. The Morgan fingerprint density at radius 2 is 2.00 bits per heavy atom. The number of benzene rings is 1. The average Bonchev–Trinajstić information content (AvgIpc) is 3.01. The number of rotatable bonds is 5. The molecule has 1 aliphatic heterocycles. The Morgan fingerprint density at radius 1 is 1.18 bits per heavy atom. The van der Waals surface area contributed by atoms with Crippen molar-refractivity contribution in [3.63, 3.8) is 0 Å². The van der Waals surface area contributed by atoms with Crippen molar-refractivity contribution < 1.29 is 9.07 Å². The molecule has 6 heteroatoms. The number of pyridine rings is 2. The molecule has 2 aromatic heterocycles. The van der Waals surface area contributed by atoms with E-state index >= 15 is 0 Å². The molecule has 0 fully saturated rings. The van der Waals surface area contributed by atoms with E-state index in [1.807, 2.05) is 24.3 Å². The quantitative estimate of drug-likeness (QED) is 0.594. The van der Waals surface area contributed by atoms with Crippen LogP contribution in [-0.2, 0) is 12.0 Å². The molecule has 148 valence electrons. The third-order valence-corrected chi connectivity index (χ3v) is 4.99. The molecule has 0 saturated heterocycles. The van der Waals surface area contributed by atoms with E-state index in [1.165, 1.54) is 5.56 Å². The molecule has 3 heterocycles. The number of anilines is 3. The number of hydrogen-bond donors (Lipinski definition) is 3. The zero-order valence-corrected chi connectivity index (χ0v) is 16.0. The second-order valence-electron chi connectivity index (χ2n) is 7.56. The summed E-state index contributed by atoms with van der Waals surface area (Å²) in [5.41, 5.74) is 4.78. The number of hydrogen-bond acceptors (Lipinski definition) is 5. The fourth-order valence-corrected chi connectivity index (χ4v) is 3.38.